The fourth-order valence-electron chi connectivity index (χ4n) is 6.37. The number of carbonyl (C=O) groups is 4. The van der Waals surface area contributed by atoms with E-state index in [0.29, 0.717) is 103 Å². The fraction of sp³-hybridized carbons (Fsp3) is 0.676. The highest BCUT2D eigenvalue weighted by Crippen LogP contribution is 2.24. The van der Waals surface area contributed by atoms with Gasteiger partial charge >= 0.3 is 24.2 Å². The maximum atomic E-state index is 12.9. The number of unbranched alkanes of at least 4 members (excludes halogenated alkanes) is 3. The van der Waals surface area contributed by atoms with Crippen molar-refractivity contribution in [3.8, 4) is 0 Å². The highest BCUT2D eigenvalue weighted by atomic mass is 16.6. The zero-order chi connectivity index (χ0) is 35.7. The van der Waals surface area contributed by atoms with E-state index in [4.69, 9.17) is 26.4 Å². The van der Waals surface area contributed by atoms with E-state index in [1.807, 2.05) is 12.1 Å². The number of carbonyl (C=O) groups excluding carboxylic acids is 4. The van der Waals surface area contributed by atoms with Gasteiger partial charge in [-0.15, -0.1) is 0 Å². The van der Waals surface area contributed by atoms with Crippen LogP contribution in [0, 0.1) is 5.41 Å². The molecule has 50 heavy (non-hydrogen) atoms. The van der Waals surface area contributed by atoms with Crippen molar-refractivity contribution in [1.29, 1.82) is 5.41 Å². The van der Waals surface area contributed by atoms with Crippen molar-refractivity contribution in [1.82, 2.24) is 30.2 Å². The van der Waals surface area contributed by atoms with Gasteiger partial charge in [-0.25, -0.2) is 19.2 Å². The van der Waals surface area contributed by atoms with Crippen LogP contribution in [0.3, 0.4) is 0 Å². The van der Waals surface area contributed by atoms with Gasteiger partial charge in [-0.2, -0.15) is 0 Å². The van der Waals surface area contributed by atoms with Gasteiger partial charge in [-0.1, -0.05) is 25.0 Å². The minimum absolute atomic E-state index is 0.0854. The number of nitrogens with one attached hydrogen (secondary N) is 4. The Morgan fingerprint density at radius 3 is 1.62 bits per heavy atom. The lowest BCUT2D eigenvalue weighted by molar-refractivity contribution is 0.0197. The fourth-order valence-corrected chi connectivity index (χ4v) is 6.37. The Labute approximate surface area is 295 Å². The number of nitrogens with two attached hydrogens (primary N) is 2. The van der Waals surface area contributed by atoms with Crippen LogP contribution in [0.15, 0.2) is 24.3 Å². The monoisotopic (exact) mass is 700 g/mol. The number of hydrogen-bond donors (Lipinski definition) is 6. The van der Waals surface area contributed by atoms with Gasteiger partial charge in [0.25, 0.3) is 0 Å². The molecule has 0 bridgehead atoms. The smallest absolute Gasteiger partial charge is 0.410 e. The van der Waals surface area contributed by atoms with Crippen LogP contribution < -0.4 is 27.4 Å². The van der Waals surface area contributed by atoms with Crippen LogP contribution in [0.4, 0.5) is 24.9 Å². The molecule has 16 heteroatoms. The second-order valence-corrected chi connectivity index (χ2v) is 13.2. The summed E-state index contributed by atoms with van der Waals surface area (Å²) in [5.74, 6) is -0.139. The Balaban J connectivity index is 1.07. The second kappa shape index (κ2) is 20.3. The van der Waals surface area contributed by atoms with Crippen LogP contribution in [-0.2, 0) is 16.0 Å². The number of nitrogens with zero attached hydrogens (tertiary/aromatic N) is 4. The van der Waals surface area contributed by atoms with Crippen LogP contribution in [0.25, 0.3) is 0 Å². The van der Waals surface area contributed by atoms with Crippen LogP contribution in [-0.4, -0.2) is 127 Å². The number of amides is 6. The summed E-state index contributed by atoms with van der Waals surface area (Å²) in [6.07, 6.45) is 7.40. The predicted octanol–water partition coefficient (Wildman–Crippen LogP) is 3.03. The lowest BCUT2D eigenvalue weighted by atomic mass is 9.96. The minimum Gasteiger partial charge on any atom is -0.446 e. The van der Waals surface area contributed by atoms with E-state index in [0.717, 1.165) is 44.1 Å². The molecule has 3 aliphatic rings. The SMILES string of the molecule is N=C(N)Nc1ccc(CNC(=O)N2CCN(C(=O)OC3CCCC(OC(=O)N4CCN(C(=O)NCCCCCCN)CC4)CCC3)CC2)cc1. The molecule has 0 aromatic heterocycles. The molecule has 6 amide bonds. The van der Waals surface area contributed by atoms with Gasteiger partial charge in [-0.05, 0) is 75.6 Å². The maximum Gasteiger partial charge on any atom is 0.410 e. The average molecular weight is 701 g/mol. The van der Waals surface area contributed by atoms with Crippen LogP contribution >= 0.6 is 0 Å². The number of hydrogen-bond acceptors (Lipinski definition) is 8. The summed E-state index contributed by atoms with van der Waals surface area (Å²) in [4.78, 5) is 57.8. The molecule has 1 aromatic carbocycles. The molecule has 0 radical (unpaired) electrons. The Morgan fingerprint density at radius 1 is 0.680 bits per heavy atom. The number of urea groups is 2. The standard InChI is InChI=1S/C34H56N10O6/c35-15-3-1-2-4-16-38-31(45)41-17-21-43(22-18-41)33(47)49-28-7-5-9-29(10-6-8-28)50-34(48)44-23-19-42(20-24-44)32(46)39-25-26-11-13-27(14-12-26)40-30(36)37/h11-14,28-29H,1-10,15-25,35H2,(H,38,45)(H,39,46)(H4,36,37,40). The van der Waals surface area contributed by atoms with Gasteiger partial charge in [0.05, 0.1) is 0 Å². The summed E-state index contributed by atoms with van der Waals surface area (Å²) in [6.45, 7) is 5.18. The normalized spacial score (nSPS) is 19.9. The molecule has 2 aliphatic heterocycles. The maximum absolute atomic E-state index is 12.9. The Bertz CT molecular complexity index is 1240. The topological polar surface area (TPSA) is 212 Å². The third kappa shape index (κ3) is 12.8. The summed E-state index contributed by atoms with van der Waals surface area (Å²) in [5, 5.41) is 15.9. The van der Waals surface area contributed by atoms with E-state index < -0.39 is 0 Å². The van der Waals surface area contributed by atoms with Gasteiger partial charge in [-0.3, -0.25) is 5.41 Å². The Morgan fingerprint density at radius 2 is 1.14 bits per heavy atom. The average Bonchev–Trinajstić information content (AvgIpc) is 3.11. The molecule has 16 nitrogen and oxygen atoms in total. The van der Waals surface area contributed by atoms with Crippen molar-refractivity contribution < 1.29 is 28.7 Å². The quantitative estimate of drug-likeness (QED) is 0.114. The number of benzene rings is 1. The minimum atomic E-state index is -0.354. The van der Waals surface area contributed by atoms with Gasteiger partial charge < -0.3 is 56.5 Å². The molecule has 0 spiro atoms. The van der Waals surface area contributed by atoms with Crippen molar-refractivity contribution in [2.45, 2.75) is 83.0 Å². The number of ether oxygens (including phenoxy) is 2. The van der Waals surface area contributed by atoms with E-state index in [-0.39, 0.29) is 42.4 Å². The highest BCUT2D eigenvalue weighted by molar-refractivity contribution is 5.89. The van der Waals surface area contributed by atoms with Crippen molar-refractivity contribution in [2.24, 2.45) is 11.5 Å². The summed E-state index contributed by atoms with van der Waals surface area (Å²) in [6, 6.07) is 7.01. The van der Waals surface area contributed by atoms with Crippen molar-refractivity contribution >= 4 is 35.9 Å². The van der Waals surface area contributed by atoms with Gasteiger partial charge in [0, 0.05) is 71.1 Å². The first-order valence-corrected chi connectivity index (χ1v) is 18.1. The Kier molecular flexibility index (Phi) is 15.5. The number of piperazine rings is 2. The summed E-state index contributed by atoms with van der Waals surface area (Å²) >= 11 is 0. The molecule has 0 unspecified atom stereocenters. The zero-order valence-corrected chi connectivity index (χ0v) is 29.2. The lowest BCUT2D eigenvalue weighted by Gasteiger charge is -2.36. The predicted molar refractivity (Wildman–Crippen MR) is 190 cm³/mol. The first-order chi connectivity index (χ1) is 24.2. The van der Waals surface area contributed by atoms with Crippen LogP contribution in [0.1, 0.15) is 69.8 Å². The van der Waals surface area contributed by atoms with Crippen LogP contribution in [0.2, 0.25) is 0 Å². The third-order valence-corrected chi connectivity index (χ3v) is 9.37. The van der Waals surface area contributed by atoms with Gasteiger partial charge in [0.1, 0.15) is 12.2 Å². The zero-order valence-electron chi connectivity index (χ0n) is 29.2. The number of rotatable bonds is 11. The van der Waals surface area contributed by atoms with Crippen molar-refractivity contribution in [3.63, 3.8) is 0 Å². The van der Waals surface area contributed by atoms with E-state index in [1.54, 1.807) is 31.7 Å². The number of guanidine groups is 1. The molecule has 8 N–H and O–H groups in total. The molecule has 1 aromatic rings. The molecule has 1 aliphatic carbocycles. The largest absolute Gasteiger partial charge is 0.446 e. The molecule has 1 saturated carbocycles. The first kappa shape index (κ1) is 38.3. The highest BCUT2D eigenvalue weighted by Gasteiger charge is 2.30. The molecule has 2 saturated heterocycles. The first-order valence-electron chi connectivity index (χ1n) is 18.1. The summed E-state index contributed by atoms with van der Waals surface area (Å²) in [5.41, 5.74) is 12.5. The van der Waals surface area contributed by atoms with Gasteiger partial charge in [0.15, 0.2) is 5.96 Å². The third-order valence-electron chi connectivity index (χ3n) is 9.37. The van der Waals surface area contributed by atoms with E-state index in [9.17, 15) is 19.2 Å². The Hall–Kier alpha value is -4.47. The van der Waals surface area contributed by atoms with E-state index in [1.165, 1.54) is 0 Å². The van der Waals surface area contributed by atoms with Crippen molar-refractivity contribution in [2.75, 3.05) is 70.8 Å². The molecule has 2 heterocycles. The second-order valence-electron chi connectivity index (χ2n) is 13.2. The summed E-state index contributed by atoms with van der Waals surface area (Å²) in [7, 11) is 0. The molecule has 4 rings (SSSR count). The lowest BCUT2D eigenvalue weighted by Crippen LogP contribution is -2.53. The molecular weight excluding hydrogens is 644 g/mol. The van der Waals surface area contributed by atoms with Crippen molar-refractivity contribution in [3.05, 3.63) is 29.8 Å². The molecule has 0 atom stereocenters. The molecule has 3 fully saturated rings. The molecule has 278 valence electrons. The van der Waals surface area contributed by atoms with E-state index in [2.05, 4.69) is 16.0 Å². The van der Waals surface area contributed by atoms with Crippen LogP contribution in [0.5, 0.6) is 0 Å². The number of anilines is 1. The molecular formula is C34H56N10O6. The summed E-state index contributed by atoms with van der Waals surface area (Å²) < 4.78 is 11.7. The van der Waals surface area contributed by atoms with E-state index >= 15 is 0 Å². The van der Waals surface area contributed by atoms with Gasteiger partial charge in [0.2, 0.25) is 0 Å².